The summed E-state index contributed by atoms with van der Waals surface area (Å²) in [6, 6.07) is 0. The van der Waals surface area contributed by atoms with Crippen molar-refractivity contribution < 1.29 is 0 Å². The van der Waals surface area contributed by atoms with Gasteiger partial charge in [-0.15, -0.1) is 0 Å². The molecule has 0 aromatic rings. The molecule has 0 atom stereocenters. The summed E-state index contributed by atoms with van der Waals surface area (Å²) in [6.45, 7) is 0. The molecule has 0 aromatic heterocycles. The first-order chi connectivity index (χ1) is 2.64. The fourth-order valence-electron chi connectivity index (χ4n) is 0. The average Bonchev–Trinajstić information content (AvgIpc) is 1.36. The second-order valence-electron chi connectivity index (χ2n) is 0.658. The van der Waals surface area contributed by atoms with Crippen LogP contribution in [0.15, 0.2) is 0 Å². The van der Waals surface area contributed by atoms with Crippen LogP contribution in [0.2, 0.25) is 0 Å². The molecule has 4 heteroatoms. The number of hydrogen-bond acceptors (Lipinski definition) is 4. The van der Waals surface area contributed by atoms with Crippen molar-refractivity contribution in [1.82, 2.24) is 0 Å². The minimum atomic E-state index is -0.259. The number of rotatable bonds is 1. The number of nitrogens with one attached hydrogen (secondary N) is 2. The predicted molar refractivity (Wildman–Crippen MR) is 30.2 cm³/mol. The summed E-state index contributed by atoms with van der Waals surface area (Å²) in [6.07, 6.45) is 0. The monoisotopic (exact) mass is 118 g/mol. The zero-order valence-corrected chi connectivity index (χ0v) is 4.45. The number of hydrogen-bond donors (Lipinski definition) is 2. The molecule has 0 aliphatic carbocycles. The van der Waals surface area contributed by atoms with E-state index in [2.05, 4.69) is 25.3 Å². The lowest BCUT2D eigenvalue weighted by Gasteiger charge is -2.11. The largest absolute Gasteiger partial charge is 0.761 e. The van der Waals surface area contributed by atoms with E-state index < -0.39 is 0 Å². The van der Waals surface area contributed by atoms with Crippen molar-refractivity contribution in [3.05, 3.63) is 0 Å². The van der Waals surface area contributed by atoms with E-state index >= 15 is 0 Å². The van der Waals surface area contributed by atoms with Crippen molar-refractivity contribution in [2.24, 2.45) is 0 Å². The smallest absolute Gasteiger partial charge is 0.0947 e. The third-order valence-corrected chi connectivity index (χ3v) is 0.744. The standard InChI is InChI=1S/C2H4N2S2/c3-1(5)2(4)6/h(H2,3,5)(H2,4,6)/p-2. The first-order valence-corrected chi connectivity index (χ1v) is 1.97. The highest BCUT2D eigenvalue weighted by Gasteiger charge is 1.59. The minimum absolute atomic E-state index is 0.259. The van der Waals surface area contributed by atoms with Gasteiger partial charge in [0, 0.05) is 0 Å². The molecule has 2 N–H and O–H groups in total. The van der Waals surface area contributed by atoms with Crippen molar-refractivity contribution in [2.75, 3.05) is 0 Å². The minimum Gasteiger partial charge on any atom is -0.761 e. The normalized spacial score (nSPS) is 7.33. The van der Waals surface area contributed by atoms with Gasteiger partial charge in [-0.25, -0.2) is 0 Å². The Balaban J connectivity index is 3.57. The van der Waals surface area contributed by atoms with E-state index in [-0.39, 0.29) is 10.1 Å². The lowest BCUT2D eigenvalue weighted by molar-refractivity contribution is 1.54. The van der Waals surface area contributed by atoms with Crippen LogP contribution in [0.4, 0.5) is 0 Å². The molecule has 0 radical (unpaired) electrons. The Morgan fingerprint density at radius 2 is 1.17 bits per heavy atom. The fraction of sp³-hybridized carbons (Fsp3) is 0. The van der Waals surface area contributed by atoms with Crippen LogP contribution >= 0.6 is 0 Å². The van der Waals surface area contributed by atoms with Crippen LogP contribution in [0.25, 0.3) is 0 Å². The molecule has 0 saturated heterocycles. The Morgan fingerprint density at radius 3 is 1.17 bits per heavy atom. The van der Waals surface area contributed by atoms with E-state index in [0.717, 1.165) is 0 Å². The van der Waals surface area contributed by atoms with E-state index in [9.17, 15) is 0 Å². The zero-order chi connectivity index (χ0) is 5.15. The Labute approximate surface area is 46.8 Å². The van der Waals surface area contributed by atoms with E-state index in [4.69, 9.17) is 10.8 Å². The van der Waals surface area contributed by atoms with Gasteiger partial charge >= 0.3 is 0 Å². The molecule has 0 aromatic carbocycles. The SMILES string of the molecule is N=C([S-])C(=N)[S-]. The van der Waals surface area contributed by atoms with Gasteiger partial charge in [0.1, 0.15) is 0 Å². The summed E-state index contributed by atoms with van der Waals surface area (Å²) < 4.78 is 0. The highest BCUT2D eigenvalue weighted by atomic mass is 32.1. The average molecular weight is 118 g/mol. The van der Waals surface area contributed by atoms with Gasteiger partial charge in [0.05, 0.1) is 0 Å². The van der Waals surface area contributed by atoms with Gasteiger partial charge in [-0.1, -0.05) is 10.1 Å². The molecule has 6 heavy (non-hydrogen) atoms. The maximum atomic E-state index is 6.44. The summed E-state index contributed by atoms with van der Waals surface area (Å²) in [7, 11) is 0. The molecule has 2 nitrogen and oxygen atoms in total. The molecule has 0 aliphatic heterocycles. The third kappa shape index (κ3) is 2.04. The van der Waals surface area contributed by atoms with Crippen LogP contribution in [0.5, 0.6) is 0 Å². The Kier molecular flexibility index (Phi) is 1.97. The van der Waals surface area contributed by atoms with Gasteiger partial charge in [0.25, 0.3) is 0 Å². The van der Waals surface area contributed by atoms with Crippen LogP contribution in [-0.4, -0.2) is 10.1 Å². The molecule has 0 fully saturated rings. The van der Waals surface area contributed by atoms with Gasteiger partial charge in [-0.05, 0) is 0 Å². The van der Waals surface area contributed by atoms with Crippen LogP contribution in [0.3, 0.4) is 0 Å². The van der Waals surface area contributed by atoms with Crippen LogP contribution in [-0.2, 0) is 25.3 Å². The van der Waals surface area contributed by atoms with E-state index in [1.165, 1.54) is 0 Å². The van der Waals surface area contributed by atoms with Crippen molar-refractivity contribution in [2.45, 2.75) is 0 Å². The van der Waals surface area contributed by atoms with Crippen LogP contribution < -0.4 is 0 Å². The van der Waals surface area contributed by atoms with E-state index in [0.29, 0.717) is 0 Å². The summed E-state index contributed by atoms with van der Waals surface area (Å²) in [4.78, 5) is 0. The summed E-state index contributed by atoms with van der Waals surface area (Å²) in [5.74, 6) is 0. The lowest BCUT2D eigenvalue weighted by atomic mass is 10.8. The molecule has 0 amide bonds. The Morgan fingerprint density at radius 1 is 1.00 bits per heavy atom. The Hall–Kier alpha value is -0.220. The van der Waals surface area contributed by atoms with Gasteiger partial charge in [0.2, 0.25) is 0 Å². The lowest BCUT2D eigenvalue weighted by Crippen LogP contribution is -2.01. The van der Waals surface area contributed by atoms with Crippen molar-refractivity contribution in [3.8, 4) is 0 Å². The van der Waals surface area contributed by atoms with Crippen molar-refractivity contribution in [3.63, 3.8) is 0 Å². The molecule has 0 saturated carbocycles. The highest BCUT2D eigenvalue weighted by Crippen LogP contribution is 1.65. The molecule has 0 unspecified atom stereocenters. The molecule has 0 spiro atoms. The maximum Gasteiger partial charge on any atom is -0.0947 e. The predicted octanol–water partition coefficient (Wildman–Crippen LogP) is 0.0347. The van der Waals surface area contributed by atoms with Gasteiger partial charge in [-0.3, -0.25) is 0 Å². The van der Waals surface area contributed by atoms with E-state index in [1.807, 2.05) is 0 Å². The molecule has 0 heterocycles. The topological polar surface area (TPSA) is 47.7 Å². The third-order valence-electron chi connectivity index (χ3n) is 0.206. The molecule has 0 aliphatic rings. The van der Waals surface area contributed by atoms with Gasteiger partial charge in [0.15, 0.2) is 0 Å². The van der Waals surface area contributed by atoms with Gasteiger partial charge < -0.3 is 36.1 Å². The maximum absolute atomic E-state index is 6.44. The quantitative estimate of drug-likeness (QED) is 0.290. The molecule has 34 valence electrons. The van der Waals surface area contributed by atoms with Crippen LogP contribution in [0.1, 0.15) is 0 Å². The van der Waals surface area contributed by atoms with E-state index in [1.54, 1.807) is 0 Å². The van der Waals surface area contributed by atoms with Gasteiger partial charge in [-0.2, -0.15) is 0 Å². The van der Waals surface area contributed by atoms with Crippen LogP contribution in [0, 0.1) is 10.8 Å². The second-order valence-corrected chi connectivity index (χ2v) is 1.47. The van der Waals surface area contributed by atoms with Crippen molar-refractivity contribution in [1.29, 1.82) is 10.8 Å². The first kappa shape index (κ1) is 5.78. The molecular weight excluding hydrogens is 116 g/mol. The van der Waals surface area contributed by atoms with Crippen molar-refractivity contribution >= 4 is 35.3 Å². The highest BCUT2D eigenvalue weighted by molar-refractivity contribution is 7.91. The fourth-order valence-corrected chi connectivity index (χ4v) is 0. The zero-order valence-electron chi connectivity index (χ0n) is 2.82. The summed E-state index contributed by atoms with van der Waals surface area (Å²) in [5.41, 5.74) is 0. The molecule has 0 rings (SSSR count). The summed E-state index contributed by atoms with van der Waals surface area (Å²) >= 11 is 8.31. The molecular formula is C2H2N2S2-2. The summed E-state index contributed by atoms with van der Waals surface area (Å²) in [5, 5.41) is 12.4. The molecule has 0 bridgehead atoms. The first-order valence-electron chi connectivity index (χ1n) is 1.16. The second kappa shape index (κ2) is 2.04. The Bertz CT molecular complexity index is 75.5.